The van der Waals surface area contributed by atoms with Crippen molar-refractivity contribution in [3.8, 4) is 0 Å². The summed E-state index contributed by atoms with van der Waals surface area (Å²) in [5.41, 5.74) is 0. The van der Waals surface area contributed by atoms with Crippen molar-refractivity contribution in [2.75, 3.05) is 25.4 Å². The summed E-state index contributed by atoms with van der Waals surface area (Å²) in [6, 6.07) is 0. The number of nitrogens with one attached hydrogen (secondary N) is 1. The van der Waals surface area contributed by atoms with E-state index in [1.165, 1.54) is 6.92 Å². The van der Waals surface area contributed by atoms with E-state index in [1.807, 2.05) is 6.92 Å². The highest BCUT2D eigenvalue weighted by molar-refractivity contribution is 7.89. The molecular formula is C12H26N2O3S. The molecule has 0 heterocycles. The monoisotopic (exact) mass is 278 g/mol. The predicted octanol–water partition coefficient (Wildman–Crippen LogP) is 1.21. The average Bonchev–Trinajstić information content (AvgIpc) is 2.21. The fourth-order valence-electron chi connectivity index (χ4n) is 1.52. The zero-order valence-electron chi connectivity index (χ0n) is 11.9. The first kappa shape index (κ1) is 17.4. The van der Waals surface area contributed by atoms with Gasteiger partial charge in [-0.1, -0.05) is 20.8 Å². The van der Waals surface area contributed by atoms with Crippen LogP contribution in [-0.4, -0.2) is 44.6 Å². The van der Waals surface area contributed by atoms with Crippen LogP contribution in [0.1, 0.15) is 40.5 Å². The van der Waals surface area contributed by atoms with Gasteiger partial charge in [-0.05, 0) is 18.8 Å². The summed E-state index contributed by atoms with van der Waals surface area (Å²) in [4.78, 5) is 13.1. The van der Waals surface area contributed by atoms with E-state index in [0.29, 0.717) is 32.0 Å². The quantitative estimate of drug-likeness (QED) is 0.689. The normalized spacial score (nSPS) is 11.8. The van der Waals surface area contributed by atoms with Gasteiger partial charge >= 0.3 is 0 Å². The van der Waals surface area contributed by atoms with Gasteiger partial charge in [0.15, 0.2) is 0 Å². The van der Waals surface area contributed by atoms with Crippen LogP contribution in [0.2, 0.25) is 0 Å². The molecule has 5 nitrogen and oxygen atoms in total. The van der Waals surface area contributed by atoms with Crippen molar-refractivity contribution in [3.05, 3.63) is 0 Å². The molecule has 0 aliphatic rings. The number of hydrogen-bond acceptors (Lipinski definition) is 3. The second-order valence-corrected chi connectivity index (χ2v) is 6.83. The molecule has 0 saturated heterocycles. The second-order valence-electron chi connectivity index (χ2n) is 4.90. The Morgan fingerprint density at radius 3 is 2.33 bits per heavy atom. The van der Waals surface area contributed by atoms with Gasteiger partial charge in [0, 0.05) is 26.6 Å². The van der Waals surface area contributed by atoms with Crippen LogP contribution < -0.4 is 4.72 Å². The molecule has 18 heavy (non-hydrogen) atoms. The average molecular weight is 278 g/mol. The SMILES string of the molecule is CCCS(=O)(=O)NCCN(CCC(C)C)C(C)=O. The van der Waals surface area contributed by atoms with Crippen LogP contribution in [0.25, 0.3) is 0 Å². The van der Waals surface area contributed by atoms with E-state index in [2.05, 4.69) is 18.6 Å². The molecule has 1 amide bonds. The van der Waals surface area contributed by atoms with Crippen molar-refractivity contribution in [3.63, 3.8) is 0 Å². The van der Waals surface area contributed by atoms with Crippen LogP contribution in [0, 0.1) is 5.92 Å². The predicted molar refractivity (Wildman–Crippen MR) is 73.8 cm³/mol. The highest BCUT2D eigenvalue weighted by atomic mass is 32.2. The third-order valence-electron chi connectivity index (χ3n) is 2.60. The first-order valence-electron chi connectivity index (χ1n) is 6.51. The van der Waals surface area contributed by atoms with Crippen LogP contribution in [0.4, 0.5) is 0 Å². The molecule has 0 atom stereocenters. The minimum Gasteiger partial charge on any atom is -0.342 e. The van der Waals surface area contributed by atoms with Gasteiger partial charge in [-0.2, -0.15) is 0 Å². The van der Waals surface area contributed by atoms with Gasteiger partial charge in [-0.25, -0.2) is 13.1 Å². The Kier molecular flexibility index (Phi) is 8.18. The van der Waals surface area contributed by atoms with Crippen molar-refractivity contribution in [2.24, 2.45) is 5.92 Å². The van der Waals surface area contributed by atoms with Crippen LogP contribution in [-0.2, 0) is 14.8 Å². The Morgan fingerprint density at radius 2 is 1.89 bits per heavy atom. The topological polar surface area (TPSA) is 66.5 Å². The molecule has 0 spiro atoms. The summed E-state index contributed by atoms with van der Waals surface area (Å²) in [6.07, 6.45) is 1.53. The lowest BCUT2D eigenvalue weighted by molar-refractivity contribution is -0.128. The molecular weight excluding hydrogens is 252 g/mol. The summed E-state index contributed by atoms with van der Waals surface area (Å²) in [6.45, 7) is 8.95. The highest BCUT2D eigenvalue weighted by Gasteiger charge is 2.12. The molecule has 0 bridgehead atoms. The van der Waals surface area contributed by atoms with Crippen LogP contribution in [0.3, 0.4) is 0 Å². The lowest BCUT2D eigenvalue weighted by Crippen LogP contribution is -2.38. The summed E-state index contributed by atoms with van der Waals surface area (Å²) in [5.74, 6) is 0.660. The van der Waals surface area contributed by atoms with E-state index in [-0.39, 0.29) is 11.7 Å². The Labute approximate surface area is 111 Å². The first-order chi connectivity index (χ1) is 8.28. The molecule has 0 radical (unpaired) electrons. The molecule has 0 fully saturated rings. The number of sulfonamides is 1. The van der Waals surface area contributed by atoms with Crippen molar-refractivity contribution in [1.82, 2.24) is 9.62 Å². The lowest BCUT2D eigenvalue weighted by Gasteiger charge is -2.22. The minimum atomic E-state index is -3.17. The maximum Gasteiger partial charge on any atom is 0.219 e. The number of amides is 1. The fraction of sp³-hybridized carbons (Fsp3) is 0.917. The number of carbonyl (C=O) groups excluding carboxylic acids is 1. The first-order valence-corrected chi connectivity index (χ1v) is 8.16. The molecule has 0 rings (SSSR count). The molecule has 6 heteroatoms. The summed E-state index contributed by atoms with van der Waals surface area (Å²) < 4.78 is 25.4. The van der Waals surface area contributed by atoms with Gasteiger partial charge in [0.05, 0.1) is 5.75 Å². The van der Waals surface area contributed by atoms with Gasteiger partial charge in [0.25, 0.3) is 0 Å². The van der Waals surface area contributed by atoms with E-state index in [1.54, 1.807) is 4.90 Å². The molecule has 108 valence electrons. The molecule has 0 aliphatic heterocycles. The second kappa shape index (κ2) is 8.48. The third kappa shape index (κ3) is 8.47. The number of hydrogen-bond donors (Lipinski definition) is 1. The van der Waals surface area contributed by atoms with Crippen molar-refractivity contribution in [1.29, 1.82) is 0 Å². The lowest BCUT2D eigenvalue weighted by atomic mass is 10.1. The van der Waals surface area contributed by atoms with Gasteiger partial charge in [0.2, 0.25) is 15.9 Å². The van der Waals surface area contributed by atoms with E-state index in [9.17, 15) is 13.2 Å². The van der Waals surface area contributed by atoms with Crippen LogP contribution in [0.5, 0.6) is 0 Å². The van der Waals surface area contributed by atoms with Crippen molar-refractivity contribution < 1.29 is 13.2 Å². The molecule has 0 aromatic rings. The van der Waals surface area contributed by atoms with Crippen LogP contribution in [0.15, 0.2) is 0 Å². The van der Waals surface area contributed by atoms with E-state index in [4.69, 9.17) is 0 Å². The smallest absolute Gasteiger partial charge is 0.219 e. The van der Waals surface area contributed by atoms with Crippen LogP contribution >= 0.6 is 0 Å². The summed E-state index contributed by atoms with van der Waals surface area (Å²) >= 11 is 0. The molecule has 0 unspecified atom stereocenters. The third-order valence-corrected chi connectivity index (χ3v) is 4.19. The number of nitrogens with zero attached hydrogens (tertiary/aromatic N) is 1. The zero-order valence-corrected chi connectivity index (χ0v) is 12.7. The largest absolute Gasteiger partial charge is 0.342 e. The standard InChI is InChI=1S/C12H26N2O3S/c1-5-10-18(16,17)13-7-9-14(12(4)15)8-6-11(2)3/h11,13H,5-10H2,1-4H3. The van der Waals surface area contributed by atoms with Gasteiger partial charge in [-0.3, -0.25) is 4.79 Å². The number of carbonyl (C=O) groups is 1. The Bertz CT molecular complexity index is 339. The van der Waals surface area contributed by atoms with E-state index < -0.39 is 10.0 Å². The molecule has 0 aromatic heterocycles. The minimum absolute atomic E-state index is 0.00894. The van der Waals surface area contributed by atoms with E-state index >= 15 is 0 Å². The summed E-state index contributed by atoms with van der Waals surface area (Å²) in [5, 5.41) is 0. The van der Waals surface area contributed by atoms with E-state index in [0.717, 1.165) is 6.42 Å². The fourth-order valence-corrected chi connectivity index (χ4v) is 2.60. The van der Waals surface area contributed by atoms with Crippen molar-refractivity contribution in [2.45, 2.75) is 40.5 Å². The Morgan fingerprint density at radius 1 is 1.28 bits per heavy atom. The maximum absolute atomic E-state index is 11.4. The van der Waals surface area contributed by atoms with Crippen molar-refractivity contribution >= 4 is 15.9 Å². The molecule has 0 aliphatic carbocycles. The molecule has 1 N–H and O–H groups in total. The van der Waals surface area contributed by atoms with Gasteiger partial charge < -0.3 is 4.90 Å². The number of rotatable bonds is 9. The highest BCUT2D eigenvalue weighted by Crippen LogP contribution is 2.02. The summed E-state index contributed by atoms with van der Waals surface area (Å²) in [7, 11) is -3.17. The van der Waals surface area contributed by atoms with Gasteiger partial charge in [-0.15, -0.1) is 0 Å². The Hall–Kier alpha value is -0.620. The molecule has 0 saturated carbocycles. The Balaban J connectivity index is 4.09. The van der Waals surface area contributed by atoms with Gasteiger partial charge in [0.1, 0.15) is 0 Å². The molecule has 0 aromatic carbocycles. The maximum atomic E-state index is 11.4. The zero-order chi connectivity index (χ0) is 14.2.